The first-order valence-electron chi connectivity index (χ1n) is 17.2. The number of pyridine rings is 1. The van der Waals surface area contributed by atoms with Crippen LogP contribution in [-0.4, -0.2) is 85.1 Å². The fourth-order valence-electron chi connectivity index (χ4n) is 7.53. The van der Waals surface area contributed by atoms with Crippen LogP contribution in [0.5, 0.6) is 0 Å². The molecular formula is C36H49FN6O3S. The summed E-state index contributed by atoms with van der Waals surface area (Å²) in [7, 11) is 0. The van der Waals surface area contributed by atoms with Gasteiger partial charge in [0, 0.05) is 44.3 Å². The highest BCUT2D eigenvalue weighted by Crippen LogP contribution is 2.48. The van der Waals surface area contributed by atoms with Crippen molar-refractivity contribution in [2.75, 3.05) is 32.7 Å². The van der Waals surface area contributed by atoms with Crippen molar-refractivity contribution in [3.05, 3.63) is 64.0 Å². The number of fused-ring (bicyclic) bond motifs is 1. The number of hydrogen-bond acceptors (Lipinski definition) is 6. The van der Waals surface area contributed by atoms with Crippen molar-refractivity contribution in [2.45, 2.75) is 102 Å². The predicted octanol–water partition coefficient (Wildman–Crippen LogP) is 6.08. The maximum Gasteiger partial charge on any atom is 0.327 e. The van der Waals surface area contributed by atoms with Crippen molar-refractivity contribution < 1.29 is 14.0 Å². The van der Waals surface area contributed by atoms with Crippen LogP contribution in [0.25, 0.3) is 11.2 Å². The SMILES string of the molecule is CC(C)N1CCC(c2c(F)cccc2[C@@H]2S[C@@H](CC(=O)N3CCC(n4c(=O)[nH]c5ncccc54)CC3)C(=O)N2CCC(C)(C)C)CC1. The van der Waals surface area contributed by atoms with Crippen LogP contribution in [0.15, 0.2) is 41.3 Å². The van der Waals surface area contributed by atoms with Crippen molar-refractivity contribution in [1.29, 1.82) is 0 Å². The van der Waals surface area contributed by atoms with Gasteiger partial charge in [0.15, 0.2) is 5.65 Å². The summed E-state index contributed by atoms with van der Waals surface area (Å²) in [6.07, 6.45) is 5.67. The van der Waals surface area contributed by atoms with E-state index >= 15 is 4.39 Å². The molecule has 9 nitrogen and oxygen atoms in total. The number of amides is 2. The van der Waals surface area contributed by atoms with Gasteiger partial charge in [0.25, 0.3) is 0 Å². The Morgan fingerprint density at radius 2 is 1.77 bits per heavy atom. The molecule has 2 amide bonds. The van der Waals surface area contributed by atoms with Crippen molar-refractivity contribution in [1.82, 2.24) is 29.2 Å². The van der Waals surface area contributed by atoms with Crippen LogP contribution >= 0.6 is 11.8 Å². The summed E-state index contributed by atoms with van der Waals surface area (Å²) < 4.78 is 17.5. The van der Waals surface area contributed by atoms with Crippen molar-refractivity contribution >= 4 is 34.7 Å². The molecule has 1 aromatic carbocycles. The van der Waals surface area contributed by atoms with Crippen LogP contribution < -0.4 is 5.69 Å². The number of benzene rings is 1. The van der Waals surface area contributed by atoms with Gasteiger partial charge in [-0.15, -0.1) is 11.8 Å². The Hall–Kier alpha value is -3.18. The Bertz CT molecular complexity index is 1650. The molecule has 1 N–H and O–H groups in total. The minimum Gasteiger partial charge on any atom is -0.342 e. The lowest BCUT2D eigenvalue weighted by atomic mass is 9.85. The van der Waals surface area contributed by atoms with Gasteiger partial charge in [0.2, 0.25) is 11.8 Å². The number of H-pyrrole nitrogens is 1. The number of nitrogens with one attached hydrogen (secondary N) is 1. The normalized spacial score (nSPS) is 22.2. The summed E-state index contributed by atoms with van der Waals surface area (Å²) in [5.74, 6) is -0.167. The lowest BCUT2D eigenvalue weighted by molar-refractivity contribution is -0.136. The van der Waals surface area contributed by atoms with E-state index in [4.69, 9.17) is 0 Å². The second kappa shape index (κ2) is 13.7. The zero-order chi connectivity index (χ0) is 33.5. The average Bonchev–Trinajstić information content (AvgIpc) is 3.54. The molecule has 11 heteroatoms. The third-order valence-corrected chi connectivity index (χ3v) is 11.8. The number of rotatable bonds is 8. The molecule has 3 aliphatic rings. The molecule has 3 aliphatic heterocycles. The van der Waals surface area contributed by atoms with Gasteiger partial charge >= 0.3 is 5.69 Å². The first kappa shape index (κ1) is 33.7. The van der Waals surface area contributed by atoms with Crippen LogP contribution in [0, 0.1) is 11.2 Å². The van der Waals surface area contributed by atoms with Crippen LogP contribution in [0.1, 0.15) is 102 Å². The van der Waals surface area contributed by atoms with Crippen molar-refractivity contribution in [3.63, 3.8) is 0 Å². The summed E-state index contributed by atoms with van der Waals surface area (Å²) in [6, 6.07) is 9.47. The van der Waals surface area contributed by atoms with Gasteiger partial charge in [-0.05, 0) is 99.7 Å². The second-order valence-corrected chi connectivity index (χ2v) is 16.2. The van der Waals surface area contributed by atoms with Gasteiger partial charge < -0.3 is 14.7 Å². The number of nitrogens with zero attached hydrogens (tertiary/aromatic N) is 5. The van der Waals surface area contributed by atoms with E-state index < -0.39 is 5.25 Å². The van der Waals surface area contributed by atoms with E-state index in [-0.39, 0.29) is 52.5 Å². The van der Waals surface area contributed by atoms with E-state index in [1.807, 2.05) is 28.0 Å². The molecule has 2 atom stereocenters. The van der Waals surface area contributed by atoms with Crippen LogP contribution in [0.2, 0.25) is 0 Å². The van der Waals surface area contributed by atoms with Crippen molar-refractivity contribution in [3.8, 4) is 0 Å². The third kappa shape index (κ3) is 7.16. The Morgan fingerprint density at radius 3 is 2.45 bits per heavy atom. The molecular weight excluding hydrogens is 616 g/mol. The molecule has 6 rings (SSSR count). The molecule has 0 unspecified atom stereocenters. The maximum absolute atomic E-state index is 15.7. The van der Waals surface area contributed by atoms with Gasteiger partial charge in [-0.1, -0.05) is 32.9 Å². The molecule has 0 aliphatic carbocycles. The number of carbonyl (C=O) groups excluding carboxylic acids is 2. The third-order valence-electron chi connectivity index (χ3n) is 10.3. The predicted molar refractivity (Wildman–Crippen MR) is 185 cm³/mol. The molecule has 0 saturated carbocycles. The number of likely N-dealkylation sites (tertiary alicyclic amines) is 2. The van der Waals surface area contributed by atoms with Crippen molar-refractivity contribution in [2.24, 2.45) is 5.41 Å². The summed E-state index contributed by atoms with van der Waals surface area (Å²) in [5.41, 5.74) is 2.82. The molecule has 0 radical (unpaired) electrons. The quantitative estimate of drug-likeness (QED) is 0.314. The number of thioether (sulfide) groups is 1. The monoisotopic (exact) mass is 664 g/mol. The number of halogens is 1. The molecule has 2 aromatic heterocycles. The fraction of sp³-hybridized carbons (Fsp3) is 0.611. The van der Waals surface area contributed by atoms with E-state index in [9.17, 15) is 14.4 Å². The number of piperidine rings is 2. The highest BCUT2D eigenvalue weighted by atomic mass is 32.2. The molecule has 254 valence electrons. The standard InChI is InChI=1S/C36H49FN6O3S/c1-23(2)40-17-11-24(12-18-40)31-26(8-6-9-27(31)37)34-42(21-15-36(3,4)5)33(45)29(47-34)22-30(44)41-19-13-25(14-20-41)43-28-10-7-16-38-32(28)39-35(43)46/h6-10,16,23-25,29,34H,11-15,17-22H2,1-5H3,(H,38,39,46)/t29-,34-/m0/s1. The number of carbonyl (C=O) groups is 2. The summed E-state index contributed by atoms with van der Waals surface area (Å²) in [5, 5.41) is -0.851. The fourth-order valence-corrected chi connectivity index (χ4v) is 9.04. The minimum absolute atomic E-state index is 0.0189. The van der Waals surface area contributed by atoms with Gasteiger partial charge in [-0.25, -0.2) is 14.2 Å². The van der Waals surface area contributed by atoms with Crippen LogP contribution in [-0.2, 0) is 9.59 Å². The summed E-state index contributed by atoms with van der Waals surface area (Å²) in [6.45, 7) is 14.4. The zero-order valence-corrected chi connectivity index (χ0v) is 29.2. The summed E-state index contributed by atoms with van der Waals surface area (Å²) in [4.78, 5) is 53.8. The molecule has 0 bridgehead atoms. The lowest BCUT2D eigenvalue weighted by Crippen LogP contribution is -2.42. The molecule has 5 heterocycles. The first-order chi connectivity index (χ1) is 22.4. The Balaban J connectivity index is 1.18. The smallest absolute Gasteiger partial charge is 0.327 e. The van der Waals surface area contributed by atoms with Gasteiger partial charge in [-0.2, -0.15) is 0 Å². The lowest BCUT2D eigenvalue weighted by Gasteiger charge is -2.36. The number of imidazole rings is 1. The Labute approximate surface area is 281 Å². The molecule has 47 heavy (non-hydrogen) atoms. The molecule has 0 spiro atoms. The Morgan fingerprint density at radius 1 is 1.04 bits per heavy atom. The number of aromatic nitrogens is 3. The maximum atomic E-state index is 15.7. The number of aromatic amines is 1. The molecule has 3 saturated heterocycles. The highest BCUT2D eigenvalue weighted by molar-refractivity contribution is 8.01. The number of hydrogen-bond donors (Lipinski definition) is 1. The van der Waals surface area contributed by atoms with E-state index in [1.165, 1.54) is 11.8 Å². The van der Waals surface area contributed by atoms with Crippen LogP contribution in [0.3, 0.4) is 0 Å². The van der Waals surface area contributed by atoms with Gasteiger partial charge in [-0.3, -0.25) is 19.1 Å². The first-order valence-corrected chi connectivity index (χ1v) is 18.2. The largest absolute Gasteiger partial charge is 0.342 e. The van der Waals surface area contributed by atoms with E-state index in [1.54, 1.807) is 22.9 Å². The topological polar surface area (TPSA) is 94.5 Å². The zero-order valence-electron chi connectivity index (χ0n) is 28.4. The Kier molecular flexibility index (Phi) is 9.86. The second-order valence-electron chi connectivity index (χ2n) is 15.0. The summed E-state index contributed by atoms with van der Waals surface area (Å²) >= 11 is 1.51. The van der Waals surface area contributed by atoms with E-state index in [2.05, 4.69) is 49.5 Å². The molecule has 3 aromatic rings. The van der Waals surface area contributed by atoms with Gasteiger partial charge in [0.05, 0.1) is 10.8 Å². The van der Waals surface area contributed by atoms with Gasteiger partial charge in [0.1, 0.15) is 11.2 Å². The minimum atomic E-state index is -0.522. The highest BCUT2D eigenvalue weighted by Gasteiger charge is 2.44. The van der Waals surface area contributed by atoms with Crippen LogP contribution in [0.4, 0.5) is 4.39 Å². The van der Waals surface area contributed by atoms with E-state index in [0.29, 0.717) is 44.2 Å². The molecule has 3 fully saturated rings. The average molecular weight is 665 g/mol. The van der Waals surface area contributed by atoms with E-state index in [0.717, 1.165) is 49.0 Å².